The van der Waals surface area contributed by atoms with E-state index < -0.39 is 17.4 Å². The lowest BCUT2D eigenvalue weighted by Crippen LogP contribution is -2.54. The predicted octanol–water partition coefficient (Wildman–Crippen LogP) is 3.94. The van der Waals surface area contributed by atoms with Gasteiger partial charge in [-0.15, -0.1) is 0 Å². The quantitative estimate of drug-likeness (QED) is 0.249. The van der Waals surface area contributed by atoms with E-state index >= 15 is 0 Å². The lowest BCUT2D eigenvalue weighted by atomic mass is 9.88. The van der Waals surface area contributed by atoms with Gasteiger partial charge in [0.2, 0.25) is 0 Å². The van der Waals surface area contributed by atoms with Gasteiger partial charge in [-0.25, -0.2) is 4.79 Å². The van der Waals surface area contributed by atoms with Gasteiger partial charge in [0.05, 0.1) is 11.3 Å². The van der Waals surface area contributed by atoms with Gasteiger partial charge in [0.25, 0.3) is 11.8 Å². The van der Waals surface area contributed by atoms with Crippen LogP contribution in [0.4, 0.5) is 11.4 Å². The largest absolute Gasteiger partial charge is 0.422 e. The van der Waals surface area contributed by atoms with Gasteiger partial charge in [-0.2, -0.15) is 0 Å². The molecule has 2 aromatic carbocycles. The highest BCUT2D eigenvalue weighted by molar-refractivity contribution is 7.80. The molecule has 36 heavy (non-hydrogen) atoms. The number of para-hydroxylation sites is 1. The van der Waals surface area contributed by atoms with Crippen molar-refractivity contribution in [2.24, 2.45) is 0 Å². The van der Waals surface area contributed by atoms with E-state index in [0.717, 1.165) is 55.3 Å². The van der Waals surface area contributed by atoms with Crippen molar-refractivity contribution in [1.82, 2.24) is 5.32 Å². The topological polar surface area (TPSA) is 82.9 Å². The van der Waals surface area contributed by atoms with E-state index in [0.29, 0.717) is 16.8 Å². The third-order valence-corrected chi connectivity index (χ3v) is 7.73. The molecule has 1 saturated heterocycles. The summed E-state index contributed by atoms with van der Waals surface area (Å²) < 4.78 is 5.90. The number of thiocarbonyl (C=S) groups is 1. The van der Waals surface area contributed by atoms with Crippen molar-refractivity contribution in [3.63, 3.8) is 0 Å². The van der Waals surface area contributed by atoms with Crippen LogP contribution in [0.5, 0.6) is 0 Å². The van der Waals surface area contributed by atoms with Crippen LogP contribution in [-0.4, -0.2) is 30.0 Å². The third kappa shape index (κ3) is 3.39. The minimum Gasteiger partial charge on any atom is -0.422 e. The number of hydrogen-bond acceptors (Lipinski definition) is 6. The molecule has 0 spiro atoms. The van der Waals surface area contributed by atoms with Gasteiger partial charge in [-0.3, -0.25) is 19.8 Å². The monoisotopic (exact) mass is 499 g/mol. The fourth-order valence-corrected chi connectivity index (χ4v) is 5.95. The molecule has 1 aromatic heterocycles. The normalized spacial score (nSPS) is 18.6. The van der Waals surface area contributed by atoms with Gasteiger partial charge < -0.3 is 9.32 Å². The number of carbonyl (C=O) groups is 2. The summed E-state index contributed by atoms with van der Waals surface area (Å²) in [5.41, 5.74) is 5.79. The summed E-state index contributed by atoms with van der Waals surface area (Å²) in [6, 6.07) is 9.40. The number of rotatable bonds is 2. The second kappa shape index (κ2) is 8.41. The summed E-state index contributed by atoms with van der Waals surface area (Å²) in [7, 11) is 0. The van der Waals surface area contributed by atoms with Crippen LogP contribution < -0.4 is 20.7 Å². The van der Waals surface area contributed by atoms with Crippen molar-refractivity contribution in [3.8, 4) is 0 Å². The summed E-state index contributed by atoms with van der Waals surface area (Å²) in [5, 5.41) is 3.46. The molecule has 0 aliphatic carbocycles. The number of amides is 2. The zero-order valence-corrected chi connectivity index (χ0v) is 21.0. The fraction of sp³-hybridized carbons (Fsp3) is 0.286. The Kier molecular flexibility index (Phi) is 5.30. The maximum atomic E-state index is 13.5. The first kappa shape index (κ1) is 22.7. The van der Waals surface area contributed by atoms with Gasteiger partial charge in [-0.05, 0) is 86.6 Å². The lowest BCUT2D eigenvalue weighted by Gasteiger charge is -2.37. The van der Waals surface area contributed by atoms with Crippen LogP contribution in [0.25, 0.3) is 17.0 Å². The molecule has 0 saturated carbocycles. The molecule has 6 rings (SSSR count). The van der Waals surface area contributed by atoms with Gasteiger partial charge in [-0.1, -0.05) is 18.2 Å². The average molecular weight is 500 g/mol. The van der Waals surface area contributed by atoms with Gasteiger partial charge in [0.15, 0.2) is 5.11 Å². The Morgan fingerprint density at radius 3 is 2.58 bits per heavy atom. The molecule has 0 unspecified atom stereocenters. The second-order valence-electron chi connectivity index (χ2n) is 9.61. The SMILES string of the molecule is Cc1ccccc1N1C(=O)C(=Cc2c(C)c3cc4c5c(c3oc2=O)CCCN5CCC4)C(=O)NC1=S. The first-order chi connectivity index (χ1) is 17.3. The summed E-state index contributed by atoms with van der Waals surface area (Å²) in [5.74, 6) is -1.21. The highest BCUT2D eigenvalue weighted by Gasteiger charge is 2.36. The molecule has 0 radical (unpaired) electrons. The molecule has 8 heteroatoms. The standard InChI is InChI=1S/C28H25N3O4S/c1-15-7-3-4-10-22(15)31-26(33)21(25(32)29-28(31)36)14-20-16(2)19-13-17-8-5-11-30-12-6-9-18(23(17)30)24(19)35-27(20)34/h3-4,7,10,13-14H,5-6,8-9,11-12H2,1-2H3,(H,29,32,36). The van der Waals surface area contributed by atoms with E-state index in [-0.39, 0.29) is 16.2 Å². The molecule has 4 heterocycles. The average Bonchev–Trinajstić information content (AvgIpc) is 2.85. The molecule has 182 valence electrons. The predicted molar refractivity (Wildman–Crippen MR) is 143 cm³/mol. The van der Waals surface area contributed by atoms with Gasteiger partial charge in [0.1, 0.15) is 11.2 Å². The van der Waals surface area contributed by atoms with Crippen LogP contribution in [0.1, 0.15) is 40.7 Å². The zero-order valence-electron chi connectivity index (χ0n) is 20.1. The molecule has 1 fully saturated rings. The number of hydrogen-bond donors (Lipinski definition) is 1. The number of carbonyl (C=O) groups excluding carboxylic acids is 2. The molecule has 3 aromatic rings. The van der Waals surface area contributed by atoms with E-state index in [9.17, 15) is 14.4 Å². The molecule has 3 aliphatic heterocycles. The number of nitrogens with zero attached hydrogens (tertiary/aromatic N) is 2. The maximum Gasteiger partial charge on any atom is 0.343 e. The number of aryl methyl sites for hydroxylation is 4. The van der Waals surface area contributed by atoms with Crippen molar-refractivity contribution in [2.45, 2.75) is 39.5 Å². The molecule has 3 aliphatic rings. The fourth-order valence-electron chi connectivity index (χ4n) is 5.67. The number of benzene rings is 2. The van der Waals surface area contributed by atoms with Crippen molar-refractivity contribution in [1.29, 1.82) is 0 Å². The summed E-state index contributed by atoms with van der Waals surface area (Å²) in [6.45, 7) is 5.76. The van der Waals surface area contributed by atoms with Gasteiger partial charge >= 0.3 is 5.63 Å². The van der Waals surface area contributed by atoms with E-state index in [1.165, 1.54) is 22.2 Å². The van der Waals surface area contributed by atoms with E-state index in [1.54, 1.807) is 12.1 Å². The highest BCUT2D eigenvalue weighted by atomic mass is 32.1. The number of fused-ring (bicyclic) bond motifs is 2. The first-order valence-electron chi connectivity index (χ1n) is 12.2. The number of nitrogens with one attached hydrogen (secondary N) is 1. The second-order valence-corrected chi connectivity index (χ2v) is 9.99. The maximum absolute atomic E-state index is 13.5. The Morgan fingerprint density at radius 2 is 1.81 bits per heavy atom. The zero-order chi connectivity index (χ0) is 25.1. The summed E-state index contributed by atoms with van der Waals surface area (Å²) in [6.07, 6.45) is 5.30. The van der Waals surface area contributed by atoms with Crippen molar-refractivity contribution in [2.75, 3.05) is 22.9 Å². The van der Waals surface area contributed by atoms with Crippen LogP contribution >= 0.6 is 12.2 Å². The molecular formula is C28H25N3O4S. The van der Waals surface area contributed by atoms with Crippen LogP contribution in [0.15, 0.2) is 45.1 Å². The Hall–Kier alpha value is -3.78. The molecular weight excluding hydrogens is 474 g/mol. The Morgan fingerprint density at radius 1 is 1.06 bits per heavy atom. The third-order valence-electron chi connectivity index (χ3n) is 7.44. The lowest BCUT2D eigenvalue weighted by molar-refractivity contribution is -0.122. The Labute approximate surface area is 213 Å². The smallest absolute Gasteiger partial charge is 0.343 e. The van der Waals surface area contributed by atoms with E-state index in [4.69, 9.17) is 16.6 Å². The minimum atomic E-state index is -0.634. The van der Waals surface area contributed by atoms with Crippen LogP contribution in [-0.2, 0) is 22.4 Å². The number of anilines is 2. The molecule has 1 N–H and O–H groups in total. The van der Waals surface area contributed by atoms with Crippen molar-refractivity contribution in [3.05, 3.63) is 74.1 Å². The molecule has 0 atom stereocenters. The molecule has 7 nitrogen and oxygen atoms in total. The molecule has 0 bridgehead atoms. The van der Waals surface area contributed by atoms with Crippen LogP contribution in [0.3, 0.4) is 0 Å². The Bertz CT molecular complexity index is 1580. The minimum absolute atomic E-state index is 0.00833. The van der Waals surface area contributed by atoms with E-state index in [2.05, 4.69) is 16.3 Å². The van der Waals surface area contributed by atoms with Crippen LogP contribution in [0, 0.1) is 13.8 Å². The van der Waals surface area contributed by atoms with Crippen LogP contribution in [0.2, 0.25) is 0 Å². The van der Waals surface area contributed by atoms with Gasteiger partial charge in [0, 0.05) is 29.7 Å². The summed E-state index contributed by atoms with van der Waals surface area (Å²) in [4.78, 5) is 43.3. The summed E-state index contributed by atoms with van der Waals surface area (Å²) >= 11 is 5.32. The molecule has 2 amide bonds. The highest BCUT2D eigenvalue weighted by Crippen LogP contribution is 2.40. The van der Waals surface area contributed by atoms with Crippen molar-refractivity contribution < 1.29 is 14.0 Å². The van der Waals surface area contributed by atoms with Crippen molar-refractivity contribution >= 4 is 57.6 Å². The first-order valence-corrected chi connectivity index (χ1v) is 12.6. The Balaban J connectivity index is 1.51. The van der Waals surface area contributed by atoms with E-state index in [1.807, 2.05) is 26.0 Å².